The van der Waals surface area contributed by atoms with Crippen molar-refractivity contribution in [2.45, 2.75) is 30.7 Å². The van der Waals surface area contributed by atoms with Gasteiger partial charge in [-0.1, -0.05) is 42.1 Å². The topological polar surface area (TPSA) is 71.0 Å². The molecule has 0 atom stereocenters. The van der Waals surface area contributed by atoms with Gasteiger partial charge in [0.05, 0.1) is 17.6 Å². The van der Waals surface area contributed by atoms with Gasteiger partial charge in [0.1, 0.15) is 12.2 Å². The molecule has 1 fully saturated rings. The highest BCUT2D eigenvalue weighted by molar-refractivity contribution is 7.99. The minimum absolute atomic E-state index is 0.0989. The van der Waals surface area contributed by atoms with Gasteiger partial charge in [-0.3, -0.25) is 9.59 Å². The maximum absolute atomic E-state index is 13.2. The van der Waals surface area contributed by atoms with Crippen molar-refractivity contribution in [3.8, 4) is 11.3 Å². The first-order chi connectivity index (χ1) is 15.3. The third-order valence-electron chi connectivity index (χ3n) is 5.19. The monoisotopic (exact) mass is 462 g/mol. The van der Waals surface area contributed by atoms with Crippen LogP contribution in [0.15, 0.2) is 53.9 Å². The maximum atomic E-state index is 13.2. The SMILES string of the molecule is O=C(CSc1ncc(-c2ccccc2)n1CC(F)(F)F)c1c[nH]c(C(=O)N2CCCC2)c1. The number of likely N-dealkylation sites (tertiary alicyclic amines) is 1. The first-order valence-electron chi connectivity index (χ1n) is 10.1. The van der Waals surface area contributed by atoms with Crippen LogP contribution >= 0.6 is 11.8 Å². The van der Waals surface area contributed by atoms with Gasteiger partial charge in [-0.25, -0.2) is 4.98 Å². The van der Waals surface area contributed by atoms with E-state index in [-0.39, 0.29) is 22.6 Å². The smallest absolute Gasteiger partial charge is 0.356 e. The number of carbonyl (C=O) groups is 2. The minimum atomic E-state index is -4.44. The number of benzene rings is 1. The van der Waals surface area contributed by atoms with E-state index >= 15 is 0 Å². The second kappa shape index (κ2) is 9.23. The lowest BCUT2D eigenvalue weighted by atomic mass is 10.2. The summed E-state index contributed by atoms with van der Waals surface area (Å²) in [4.78, 5) is 33.8. The molecule has 0 bridgehead atoms. The van der Waals surface area contributed by atoms with Crippen molar-refractivity contribution in [1.29, 1.82) is 0 Å². The third-order valence-corrected chi connectivity index (χ3v) is 6.18. The van der Waals surface area contributed by atoms with Crippen LogP contribution in [-0.4, -0.2) is 56.1 Å². The summed E-state index contributed by atoms with van der Waals surface area (Å²) in [5.74, 6) is -0.546. The predicted octanol–water partition coefficient (Wildman–Crippen LogP) is 4.65. The molecule has 0 saturated carbocycles. The highest BCUT2D eigenvalue weighted by Gasteiger charge is 2.31. The van der Waals surface area contributed by atoms with E-state index in [1.807, 2.05) is 0 Å². The molecule has 4 rings (SSSR count). The average Bonchev–Trinajstić information content (AvgIpc) is 3.52. The predicted molar refractivity (Wildman–Crippen MR) is 115 cm³/mol. The van der Waals surface area contributed by atoms with Crippen LogP contribution in [0.4, 0.5) is 13.2 Å². The second-order valence-corrected chi connectivity index (χ2v) is 8.45. The molecule has 1 aliphatic heterocycles. The van der Waals surface area contributed by atoms with Gasteiger partial charge in [-0.2, -0.15) is 13.2 Å². The number of rotatable bonds is 7. The number of hydrogen-bond donors (Lipinski definition) is 1. The Labute approximate surface area is 186 Å². The Balaban J connectivity index is 1.48. The molecule has 0 spiro atoms. The van der Waals surface area contributed by atoms with Crippen LogP contribution in [0.25, 0.3) is 11.3 Å². The largest absolute Gasteiger partial charge is 0.406 e. The molecule has 1 saturated heterocycles. The number of aromatic nitrogens is 3. The van der Waals surface area contributed by atoms with Crippen LogP contribution in [-0.2, 0) is 6.54 Å². The van der Waals surface area contributed by atoms with Gasteiger partial charge in [0.25, 0.3) is 5.91 Å². The van der Waals surface area contributed by atoms with E-state index in [0.29, 0.717) is 35.6 Å². The van der Waals surface area contributed by atoms with E-state index < -0.39 is 12.7 Å². The lowest BCUT2D eigenvalue weighted by Crippen LogP contribution is -2.27. The Kier molecular flexibility index (Phi) is 6.40. The van der Waals surface area contributed by atoms with E-state index in [9.17, 15) is 22.8 Å². The zero-order valence-corrected chi connectivity index (χ0v) is 17.9. The fourth-order valence-electron chi connectivity index (χ4n) is 3.63. The molecule has 10 heteroatoms. The van der Waals surface area contributed by atoms with E-state index in [0.717, 1.165) is 29.2 Å². The molecule has 1 N–H and O–H groups in total. The number of halogens is 3. The first kappa shape index (κ1) is 22.2. The molecule has 0 unspecified atom stereocenters. The summed E-state index contributed by atoms with van der Waals surface area (Å²) in [6.45, 7) is 0.192. The maximum Gasteiger partial charge on any atom is 0.406 e. The van der Waals surface area contributed by atoms with Crippen molar-refractivity contribution in [1.82, 2.24) is 19.4 Å². The van der Waals surface area contributed by atoms with Crippen LogP contribution in [0, 0.1) is 0 Å². The molecule has 6 nitrogen and oxygen atoms in total. The highest BCUT2D eigenvalue weighted by atomic mass is 32.2. The van der Waals surface area contributed by atoms with E-state index in [2.05, 4.69) is 9.97 Å². The van der Waals surface area contributed by atoms with Crippen molar-refractivity contribution in [3.63, 3.8) is 0 Å². The number of aromatic amines is 1. The van der Waals surface area contributed by atoms with Gasteiger partial charge in [-0.15, -0.1) is 0 Å². The molecular formula is C22H21F3N4O2S. The van der Waals surface area contributed by atoms with E-state index in [4.69, 9.17) is 0 Å². The summed E-state index contributed by atoms with van der Waals surface area (Å²) in [7, 11) is 0. The Bertz CT molecular complexity index is 1100. The van der Waals surface area contributed by atoms with Crippen molar-refractivity contribution in [2.75, 3.05) is 18.8 Å². The number of nitrogens with one attached hydrogen (secondary N) is 1. The van der Waals surface area contributed by atoms with Crippen LogP contribution in [0.5, 0.6) is 0 Å². The van der Waals surface area contributed by atoms with E-state index in [1.165, 1.54) is 18.5 Å². The van der Waals surface area contributed by atoms with Crippen molar-refractivity contribution < 1.29 is 22.8 Å². The van der Waals surface area contributed by atoms with E-state index in [1.54, 1.807) is 35.2 Å². The molecule has 3 aromatic rings. The second-order valence-electron chi connectivity index (χ2n) is 7.51. The number of alkyl halides is 3. The first-order valence-corrected chi connectivity index (χ1v) is 11.1. The summed E-state index contributed by atoms with van der Waals surface area (Å²) in [5.41, 5.74) is 1.60. The molecule has 1 aliphatic rings. The van der Waals surface area contributed by atoms with Crippen LogP contribution in [0.3, 0.4) is 0 Å². The Hall–Kier alpha value is -3.01. The Morgan fingerprint density at radius 2 is 1.84 bits per heavy atom. The van der Waals surface area contributed by atoms with Gasteiger partial charge >= 0.3 is 6.18 Å². The summed E-state index contributed by atoms with van der Waals surface area (Å²) in [5, 5.41) is 0.110. The highest BCUT2D eigenvalue weighted by Crippen LogP contribution is 2.30. The summed E-state index contributed by atoms with van der Waals surface area (Å²) >= 11 is 0.942. The molecule has 0 radical (unpaired) electrons. The quantitative estimate of drug-likeness (QED) is 0.410. The number of H-pyrrole nitrogens is 1. The molecule has 168 valence electrons. The van der Waals surface area contributed by atoms with Crippen LogP contribution in [0.1, 0.15) is 33.7 Å². The third kappa shape index (κ3) is 5.07. The van der Waals surface area contributed by atoms with Crippen molar-refractivity contribution in [2.24, 2.45) is 0 Å². The fraction of sp³-hybridized carbons (Fsp3) is 0.318. The molecule has 2 aromatic heterocycles. The number of thioether (sulfide) groups is 1. The number of ketones is 1. The molecule has 1 amide bonds. The summed E-state index contributed by atoms with van der Waals surface area (Å²) in [6, 6.07) is 10.2. The van der Waals surface area contributed by atoms with Crippen LogP contribution < -0.4 is 0 Å². The number of Topliss-reactive ketones (excluding diaryl/α,β-unsaturated/α-hetero) is 1. The Morgan fingerprint density at radius 1 is 1.12 bits per heavy atom. The molecule has 32 heavy (non-hydrogen) atoms. The average molecular weight is 462 g/mol. The Morgan fingerprint density at radius 3 is 2.53 bits per heavy atom. The van der Waals surface area contributed by atoms with Gasteiger partial charge in [0, 0.05) is 24.8 Å². The molecule has 3 heterocycles. The van der Waals surface area contributed by atoms with Crippen LogP contribution in [0.2, 0.25) is 0 Å². The number of imidazole rings is 1. The number of carbonyl (C=O) groups excluding carboxylic acids is 2. The van der Waals surface area contributed by atoms with Gasteiger partial charge < -0.3 is 14.5 Å². The number of hydrogen-bond acceptors (Lipinski definition) is 4. The zero-order chi connectivity index (χ0) is 22.7. The van der Waals surface area contributed by atoms with Gasteiger partial charge in [0.15, 0.2) is 10.9 Å². The van der Waals surface area contributed by atoms with Gasteiger partial charge in [0.2, 0.25) is 0 Å². The minimum Gasteiger partial charge on any atom is -0.356 e. The standard InChI is InChI=1S/C22H21F3N4O2S/c23-22(24,25)14-29-18(15-6-2-1-3-7-15)12-27-21(29)32-13-19(30)16-10-17(26-11-16)20(31)28-8-4-5-9-28/h1-3,6-7,10-12,26H,4-5,8-9,13-14H2. The number of nitrogens with zero attached hydrogens (tertiary/aromatic N) is 3. The molecule has 1 aromatic carbocycles. The lowest BCUT2D eigenvalue weighted by molar-refractivity contribution is -0.141. The lowest BCUT2D eigenvalue weighted by Gasteiger charge is -2.14. The molecule has 0 aliphatic carbocycles. The summed E-state index contributed by atoms with van der Waals surface area (Å²) < 4.78 is 40.7. The molecular weight excluding hydrogens is 441 g/mol. The zero-order valence-electron chi connectivity index (χ0n) is 17.1. The van der Waals surface area contributed by atoms with Crippen molar-refractivity contribution >= 4 is 23.5 Å². The normalized spacial score (nSPS) is 14.2. The summed E-state index contributed by atoms with van der Waals surface area (Å²) in [6.07, 6.45) is 0.338. The fourth-order valence-corrected chi connectivity index (χ4v) is 4.50. The van der Waals surface area contributed by atoms with Gasteiger partial charge in [-0.05, 0) is 24.5 Å². The number of amides is 1. The van der Waals surface area contributed by atoms with Crippen molar-refractivity contribution in [3.05, 3.63) is 60.0 Å².